The highest BCUT2D eigenvalue weighted by atomic mass is 79.9. The van der Waals surface area contributed by atoms with E-state index >= 15 is 0 Å². The average Bonchev–Trinajstić information content (AvgIpc) is 2.31. The second-order valence-corrected chi connectivity index (χ2v) is 4.31. The normalized spacial score (nSPS) is 10.1. The number of aromatic carboxylic acids is 1. The molecule has 0 radical (unpaired) electrons. The van der Waals surface area contributed by atoms with Crippen molar-refractivity contribution >= 4 is 33.3 Å². The third-order valence-electron chi connectivity index (χ3n) is 2.26. The zero-order chi connectivity index (χ0) is 13.1. The Morgan fingerprint density at radius 3 is 2.67 bits per heavy atom. The van der Waals surface area contributed by atoms with Gasteiger partial charge in [-0.2, -0.15) is 0 Å². The molecule has 6 heteroatoms. The van der Waals surface area contributed by atoms with Gasteiger partial charge in [-0.05, 0) is 28.1 Å². The molecule has 0 aliphatic heterocycles. The number of nitrogens with one attached hydrogen (secondary N) is 1. The maximum absolute atomic E-state index is 13.5. The molecule has 0 amide bonds. The van der Waals surface area contributed by atoms with E-state index in [0.29, 0.717) is 4.47 Å². The summed E-state index contributed by atoms with van der Waals surface area (Å²) in [6.45, 7) is 0. The third kappa shape index (κ3) is 2.48. The SMILES string of the molecule is O=C(O)c1c(Br)cncc1Nc1ccccc1F. The topological polar surface area (TPSA) is 62.2 Å². The van der Waals surface area contributed by atoms with Gasteiger partial charge in [0.2, 0.25) is 0 Å². The van der Waals surface area contributed by atoms with E-state index in [2.05, 4.69) is 26.2 Å². The Morgan fingerprint density at radius 1 is 1.28 bits per heavy atom. The standard InChI is InChI=1S/C12H8BrFN2O2/c13-7-5-15-6-10(11(7)12(17)18)16-9-4-2-1-3-8(9)14/h1-6,16H,(H,17,18). The van der Waals surface area contributed by atoms with Crippen molar-refractivity contribution in [1.29, 1.82) is 0 Å². The van der Waals surface area contributed by atoms with Crippen LogP contribution < -0.4 is 5.32 Å². The van der Waals surface area contributed by atoms with Gasteiger partial charge in [-0.15, -0.1) is 0 Å². The zero-order valence-corrected chi connectivity index (χ0v) is 10.6. The summed E-state index contributed by atoms with van der Waals surface area (Å²) in [6, 6.07) is 6.01. The van der Waals surface area contributed by atoms with Crippen molar-refractivity contribution < 1.29 is 14.3 Å². The van der Waals surface area contributed by atoms with Crippen LogP contribution in [0, 0.1) is 5.82 Å². The van der Waals surface area contributed by atoms with Crippen molar-refractivity contribution in [3.8, 4) is 0 Å². The summed E-state index contributed by atoms with van der Waals surface area (Å²) in [5, 5.41) is 11.8. The van der Waals surface area contributed by atoms with Gasteiger partial charge in [0, 0.05) is 6.20 Å². The lowest BCUT2D eigenvalue weighted by Crippen LogP contribution is -2.05. The second kappa shape index (κ2) is 5.14. The molecule has 0 saturated heterocycles. The zero-order valence-electron chi connectivity index (χ0n) is 9.02. The van der Waals surface area contributed by atoms with E-state index in [1.165, 1.54) is 24.5 Å². The van der Waals surface area contributed by atoms with E-state index in [4.69, 9.17) is 5.11 Å². The van der Waals surface area contributed by atoms with Crippen LogP contribution in [-0.4, -0.2) is 16.1 Å². The molecule has 0 saturated carbocycles. The molecular weight excluding hydrogens is 303 g/mol. The van der Waals surface area contributed by atoms with Crippen LogP contribution >= 0.6 is 15.9 Å². The molecule has 0 aliphatic rings. The molecule has 0 atom stereocenters. The van der Waals surface area contributed by atoms with Crippen LogP contribution in [0.5, 0.6) is 0 Å². The van der Waals surface area contributed by atoms with Crippen molar-refractivity contribution in [2.45, 2.75) is 0 Å². The summed E-state index contributed by atoms with van der Waals surface area (Å²) in [6.07, 6.45) is 2.70. The quantitative estimate of drug-likeness (QED) is 0.911. The second-order valence-electron chi connectivity index (χ2n) is 3.45. The summed E-state index contributed by atoms with van der Waals surface area (Å²) in [5.41, 5.74) is 0.426. The van der Waals surface area contributed by atoms with Crippen molar-refractivity contribution in [3.63, 3.8) is 0 Å². The van der Waals surface area contributed by atoms with Gasteiger partial charge >= 0.3 is 5.97 Å². The molecule has 1 aromatic heterocycles. The highest BCUT2D eigenvalue weighted by Gasteiger charge is 2.15. The highest BCUT2D eigenvalue weighted by molar-refractivity contribution is 9.10. The predicted octanol–water partition coefficient (Wildman–Crippen LogP) is 3.43. The van der Waals surface area contributed by atoms with E-state index in [9.17, 15) is 9.18 Å². The number of aromatic nitrogens is 1. The first-order chi connectivity index (χ1) is 8.59. The number of nitrogens with zero attached hydrogens (tertiary/aromatic N) is 1. The van der Waals surface area contributed by atoms with Crippen LogP contribution in [0.4, 0.5) is 15.8 Å². The summed E-state index contributed by atoms with van der Waals surface area (Å²) in [5.74, 6) is -1.59. The van der Waals surface area contributed by atoms with Crippen LogP contribution in [0.3, 0.4) is 0 Å². The van der Waals surface area contributed by atoms with Gasteiger partial charge in [0.05, 0.1) is 22.0 Å². The van der Waals surface area contributed by atoms with Gasteiger partial charge < -0.3 is 10.4 Å². The molecule has 0 bridgehead atoms. The van der Waals surface area contributed by atoms with Crippen LogP contribution in [0.2, 0.25) is 0 Å². The van der Waals surface area contributed by atoms with Crippen LogP contribution in [0.1, 0.15) is 10.4 Å². The molecule has 0 aliphatic carbocycles. The minimum absolute atomic E-state index is 0.00764. The first-order valence-corrected chi connectivity index (χ1v) is 5.77. The van der Waals surface area contributed by atoms with Gasteiger partial charge in [0.15, 0.2) is 0 Å². The molecule has 2 rings (SSSR count). The minimum atomic E-state index is -1.12. The molecule has 1 heterocycles. The summed E-state index contributed by atoms with van der Waals surface area (Å²) < 4.78 is 13.8. The number of hydrogen-bond acceptors (Lipinski definition) is 3. The molecular formula is C12H8BrFN2O2. The number of hydrogen-bond donors (Lipinski definition) is 2. The Kier molecular flexibility index (Phi) is 3.57. The van der Waals surface area contributed by atoms with E-state index in [-0.39, 0.29) is 16.9 Å². The molecule has 18 heavy (non-hydrogen) atoms. The fourth-order valence-corrected chi connectivity index (χ4v) is 1.96. The molecule has 0 unspecified atom stereocenters. The van der Waals surface area contributed by atoms with Gasteiger partial charge in [0.25, 0.3) is 0 Å². The molecule has 0 spiro atoms. The number of halogens is 2. The lowest BCUT2D eigenvalue weighted by Gasteiger charge is -2.10. The van der Waals surface area contributed by atoms with E-state index < -0.39 is 11.8 Å². The number of carbonyl (C=O) groups is 1. The Hall–Kier alpha value is -1.95. The lowest BCUT2D eigenvalue weighted by molar-refractivity contribution is 0.0697. The number of rotatable bonds is 3. The fraction of sp³-hybridized carbons (Fsp3) is 0. The van der Waals surface area contributed by atoms with E-state index in [1.54, 1.807) is 12.1 Å². The number of carboxylic acids is 1. The lowest BCUT2D eigenvalue weighted by atomic mass is 10.2. The molecule has 4 nitrogen and oxygen atoms in total. The van der Waals surface area contributed by atoms with Crippen LogP contribution in [-0.2, 0) is 0 Å². The number of pyridine rings is 1. The summed E-state index contributed by atoms with van der Waals surface area (Å²) in [7, 11) is 0. The third-order valence-corrected chi connectivity index (χ3v) is 2.86. The number of para-hydroxylation sites is 1. The van der Waals surface area contributed by atoms with Gasteiger partial charge in [-0.25, -0.2) is 9.18 Å². The van der Waals surface area contributed by atoms with Gasteiger partial charge in [-0.1, -0.05) is 12.1 Å². The number of anilines is 2. The largest absolute Gasteiger partial charge is 0.478 e. The number of benzene rings is 1. The molecule has 2 aromatic rings. The first kappa shape index (κ1) is 12.5. The Labute approximate surface area is 111 Å². The maximum Gasteiger partial charge on any atom is 0.339 e. The van der Waals surface area contributed by atoms with Crippen molar-refractivity contribution in [2.24, 2.45) is 0 Å². The van der Waals surface area contributed by atoms with Crippen molar-refractivity contribution in [2.75, 3.05) is 5.32 Å². The minimum Gasteiger partial charge on any atom is -0.478 e. The molecule has 0 fully saturated rings. The van der Waals surface area contributed by atoms with Crippen molar-refractivity contribution in [3.05, 3.63) is 52.5 Å². The summed E-state index contributed by atoms with van der Waals surface area (Å²) in [4.78, 5) is 15.0. The Morgan fingerprint density at radius 2 is 2.00 bits per heavy atom. The predicted molar refractivity (Wildman–Crippen MR) is 68.6 cm³/mol. The fourth-order valence-electron chi connectivity index (χ4n) is 1.45. The van der Waals surface area contributed by atoms with E-state index in [1.807, 2.05) is 0 Å². The van der Waals surface area contributed by atoms with Crippen LogP contribution in [0.15, 0.2) is 41.1 Å². The van der Waals surface area contributed by atoms with Gasteiger partial charge in [0.1, 0.15) is 11.4 Å². The van der Waals surface area contributed by atoms with Crippen molar-refractivity contribution in [1.82, 2.24) is 4.98 Å². The average molecular weight is 311 g/mol. The first-order valence-electron chi connectivity index (χ1n) is 4.98. The Balaban J connectivity index is 2.44. The van der Waals surface area contributed by atoms with Gasteiger partial charge in [-0.3, -0.25) is 4.98 Å². The maximum atomic E-state index is 13.5. The molecule has 1 aromatic carbocycles. The smallest absolute Gasteiger partial charge is 0.339 e. The van der Waals surface area contributed by atoms with E-state index in [0.717, 1.165) is 0 Å². The summed E-state index contributed by atoms with van der Waals surface area (Å²) >= 11 is 3.10. The number of carboxylic acid groups (broad SMARTS) is 1. The Bertz CT molecular complexity index is 604. The molecule has 92 valence electrons. The monoisotopic (exact) mass is 310 g/mol. The highest BCUT2D eigenvalue weighted by Crippen LogP contribution is 2.27. The van der Waals surface area contributed by atoms with Crippen LogP contribution in [0.25, 0.3) is 0 Å². The molecule has 2 N–H and O–H groups in total.